The number of carbonyl (C=O) groups is 2. The SMILES string of the molecule is COc1ccc(OC)c(C2=NO[C@H]3C(=O)N(c4cc(Cl)ccc4OC)C(=O)[C@@H]23)c1. The van der Waals surface area contributed by atoms with Gasteiger partial charge in [-0.3, -0.25) is 9.59 Å². The largest absolute Gasteiger partial charge is 0.497 e. The third-order valence-electron chi connectivity index (χ3n) is 4.88. The summed E-state index contributed by atoms with van der Waals surface area (Å²) < 4.78 is 16.0. The third-order valence-corrected chi connectivity index (χ3v) is 5.11. The first-order valence-electron chi connectivity index (χ1n) is 8.67. The topological polar surface area (TPSA) is 86.7 Å². The molecular weight excluding hydrogens is 400 g/mol. The van der Waals surface area contributed by atoms with Gasteiger partial charge in [0.1, 0.15) is 28.9 Å². The van der Waals surface area contributed by atoms with Crippen LogP contribution in [0.25, 0.3) is 0 Å². The van der Waals surface area contributed by atoms with Crippen LogP contribution in [0.5, 0.6) is 17.2 Å². The fraction of sp³-hybridized carbons (Fsp3) is 0.250. The fourth-order valence-electron chi connectivity index (χ4n) is 3.49. The van der Waals surface area contributed by atoms with Gasteiger partial charge in [-0.15, -0.1) is 0 Å². The van der Waals surface area contributed by atoms with Crippen molar-refractivity contribution in [2.45, 2.75) is 6.10 Å². The Balaban J connectivity index is 1.77. The zero-order chi connectivity index (χ0) is 20.7. The minimum Gasteiger partial charge on any atom is -0.497 e. The molecule has 1 saturated heterocycles. The molecule has 2 aliphatic rings. The predicted octanol–water partition coefficient (Wildman–Crippen LogP) is 2.66. The van der Waals surface area contributed by atoms with Gasteiger partial charge >= 0.3 is 0 Å². The van der Waals surface area contributed by atoms with E-state index in [9.17, 15) is 9.59 Å². The lowest BCUT2D eigenvalue weighted by Gasteiger charge is -2.19. The Bertz CT molecular complexity index is 1040. The summed E-state index contributed by atoms with van der Waals surface area (Å²) in [4.78, 5) is 32.7. The van der Waals surface area contributed by atoms with E-state index in [0.29, 0.717) is 33.5 Å². The predicted molar refractivity (Wildman–Crippen MR) is 105 cm³/mol. The number of halogens is 1. The summed E-state index contributed by atoms with van der Waals surface area (Å²) in [6.07, 6.45) is -1.07. The minimum absolute atomic E-state index is 0.255. The molecule has 0 aliphatic carbocycles. The first kappa shape index (κ1) is 19.1. The van der Waals surface area contributed by atoms with Crippen LogP contribution in [0.4, 0.5) is 5.69 Å². The number of methoxy groups -OCH3 is 3. The molecular formula is C20H17ClN2O6. The molecule has 1 fully saturated rings. The van der Waals surface area contributed by atoms with Gasteiger partial charge in [-0.05, 0) is 36.4 Å². The molecule has 2 heterocycles. The molecule has 0 unspecified atom stereocenters. The van der Waals surface area contributed by atoms with Gasteiger partial charge in [-0.25, -0.2) is 4.90 Å². The number of fused-ring (bicyclic) bond motifs is 1. The molecule has 150 valence electrons. The van der Waals surface area contributed by atoms with Crippen molar-refractivity contribution in [2.75, 3.05) is 26.2 Å². The lowest BCUT2D eigenvalue weighted by molar-refractivity contribution is -0.126. The van der Waals surface area contributed by atoms with E-state index in [2.05, 4.69) is 5.16 Å². The van der Waals surface area contributed by atoms with E-state index < -0.39 is 23.8 Å². The zero-order valence-electron chi connectivity index (χ0n) is 15.8. The van der Waals surface area contributed by atoms with E-state index in [1.165, 1.54) is 27.4 Å². The highest BCUT2D eigenvalue weighted by Crippen LogP contribution is 2.41. The average Bonchev–Trinajstić information content (AvgIpc) is 3.27. The Hall–Kier alpha value is -3.26. The number of nitrogens with zero attached hydrogens (tertiary/aromatic N) is 2. The second-order valence-corrected chi connectivity index (χ2v) is 6.81. The van der Waals surface area contributed by atoms with Crippen LogP contribution in [0.2, 0.25) is 5.02 Å². The van der Waals surface area contributed by atoms with E-state index >= 15 is 0 Å². The summed E-state index contributed by atoms with van der Waals surface area (Å²) in [5.41, 5.74) is 1.07. The molecule has 29 heavy (non-hydrogen) atoms. The van der Waals surface area contributed by atoms with Gasteiger partial charge in [0.15, 0.2) is 0 Å². The number of carbonyl (C=O) groups excluding carboxylic acids is 2. The maximum atomic E-state index is 13.3. The van der Waals surface area contributed by atoms with E-state index in [4.69, 9.17) is 30.6 Å². The number of anilines is 1. The number of rotatable bonds is 5. The second-order valence-electron chi connectivity index (χ2n) is 6.37. The molecule has 2 aromatic rings. The average molecular weight is 417 g/mol. The van der Waals surface area contributed by atoms with Crippen molar-refractivity contribution < 1.29 is 28.6 Å². The number of benzene rings is 2. The third kappa shape index (κ3) is 2.96. The van der Waals surface area contributed by atoms with Crippen LogP contribution in [0, 0.1) is 5.92 Å². The molecule has 2 aliphatic heterocycles. The van der Waals surface area contributed by atoms with Crippen molar-refractivity contribution in [3.63, 3.8) is 0 Å². The standard InChI is InChI=1S/C20H17ClN2O6/c1-26-11-5-7-14(27-2)12(9-11)17-16-18(29-22-17)20(25)23(19(16)24)13-8-10(21)4-6-15(13)28-3/h4-9,16,18H,1-3H3/t16-,18+/m0/s1. The van der Waals surface area contributed by atoms with Crippen LogP contribution in [0.3, 0.4) is 0 Å². The van der Waals surface area contributed by atoms with Gasteiger partial charge in [0.05, 0.1) is 27.0 Å². The molecule has 2 amide bonds. The zero-order valence-corrected chi connectivity index (χ0v) is 16.6. The Kier molecular flexibility index (Phi) is 4.79. The maximum Gasteiger partial charge on any atom is 0.279 e. The fourth-order valence-corrected chi connectivity index (χ4v) is 3.66. The smallest absolute Gasteiger partial charge is 0.279 e. The summed E-state index contributed by atoms with van der Waals surface area (Å²) in [5, 5.41) is 4.38. The maximum absolute atomic E-state index is 13.3. The normalized spacial score (nSPS) is 20.3. The lowest BCUT2D eigenvalue weighted by atomic mass is 9.93. The summed E-state index contributed by atoms with van der Waals surface area (Å²) in [5.74, 6) is -0.575. The van der Waals surface area contributed by atoms with E-state index in [0.717, 1.165) is 4.90 Å². The minimum atomic E-state index is -1.07. The van der Waals surface area contributed by atoms with Crippen molar-refractivity contribution in [2.24, 2.45) is 11.1 Å². The quantitative estimate of drug-likeness (QED) is 0.696. The number of ether oxygens (including phenoxy) is 3. The van der Waals surface area contributed by atoms with Gasteiger partial charge < -0.3 is 19.0 Å². The molecule has 8 nitrogen and oxygen atoms in total. The van der Waals surface area contributed by atoms with Crippen LogP contribution < -0.4 is 19.1 Å². The van der Waals surface area contributed by atoms with Crippen molar-refractivity contribution >= 4 is 34.8 Å². The van der Waals surface area contributed by atoms with Crippen molar-refractivity contribution in [3.8, 4) is 17.2 Å². The van der Waals surface area contributed by atoms with Crippen LogP contribution >= 0.6 is 11.6 Å². The van der Waals surface area contributed by atoms with Crippen LogP contribution in [0.1, 0.15) is 5.56 Å². The highest BCUT2D eigenvalue weighted by molar-refractivity contribution is 6.34. The summed E-state index contributed by atoms with van der Waals surface area (Å²) >= 11 is 6.08. The Morgan fingerprint density at radius 3 is 2.38 bits per heavy atom. The number of amides is 2. The number of hydrogen-bond donors (Lipinski definition) is 0. The van der Waals surface area contributed by atoms with E-state index in [-0.39, 0.29) is 5.69 Å². The second kappa shape index (κ2) is 7.29. The van der Waals surface area contributed by atoms with Crippen molar-refractivity contribution in [1.82, 2.24) is 0 Å². The van der Waals surface area contributed by atoms with E-state index in [1.54, 1.807) is 30.3 Å². The Labute approximate surface area is 171 Å². The van der Waals surface area contributed by atoms with Crippen LogP contribution in [0.15, 0.2) is 41.6 Å². The molecule has 0 saturated carbocycles. The first-order valence-corrected chi connectivity index (χ1v) is 9.05. The molecule has 0 bridgehead atoms. The Morgan fingerprint density at radius 2 is 1.69 bits per heavy atom. The summed E-state index contributed by atoms with van der Waals surface area (Å²) in [6, 6.07) is 9.81. The molecule has 2 atom stereocenters. The molecule has 9 heteroatoms. The molecule has 0 N–H and O–H groups in total. The van der Waals surface area contributed by atoms with Gasteiger partial charge in [-0.1, -0.05) is 16.8 Å². The molecule has 2 aromatic carbocycles. The summed E-state index contributed by atoms with van der Waals surface area (Å²) in [6.45, 7) is 0. The molecule has 0 radical (unpaired) electrons. The van der Waals surface area contributed by atoms with Gasteiger partial charge in [-0.2, -0.15) is 0 Å². The Morgan fingerprint density at radius 1 is 0.966 bits per heavy atom. The van der Waals surface area contributed by atoms with Crippen molar-refractivity contribution in [1.29, 1.82) is 0 Å². The molecule has 4 rings (SSSR count). The van der Waals surface area contributed by atoms with Gasteiger partial charge in [0, 0.05) is 10.6 Å². The molecule has 0 spiro atoms. The van der Waals surface area contributed by atoms with Gasteiger partial charge in [0.25, 0.3) is 5.91 Å². The van der Waals surface area contributed by atoms with Crippen molar-refractivity contribution in [3.05, 3.63) is 47.0 Å². The van der Waals surface area contributed by atoms with Gasteiger partial charge in [0.2, 0.25) is 12.0 Å². The van der Waals surface area contributed by atoms with Crippen LogP contribution in [-0.2, 0) is 14.4 Å². The highest BCUT2D eigenvalue weighted by atomic mass is 35.5. The molecule has 0 aromatic heterocycles. The lowest BCUT2D eigenvalue weighted by Crippen LogP contribution is -2.33. The highest BCUT2D eigenvalue weighted by Gasteiger charge is 2.57. The number of hydrogen-bond acceptors (Lipinski definition) is 7. The van der Waals surface area contributed by atoms with E-state index in [1.807, 2.05) is 0 Å². The summed E-state index contributed by atoms with van der Waals surface area (Å²) in [7, 11) is 4.48. The number of imide groups is 1. The van der Waals surface area contributed by atoms with Crippen LogP contribution in [-0.4, -0.2) is 45.0 Å². The monoisotopic (exact) mass is 416 g/mol. The first-order chi connectivity index (χ1) is 14.0. The number of oxime groups is 1.